The van der Waals surface area contributed by atoms with Crippen molar-refractivity contribution in [1.29, 1.82) is 0 Å². The predicted octanol–water partition coefficient (Wildman–Crippen LogP) is 2.18. The molecule has 0 saturated heterocycles. The zero-order valence-corrected chi connectivity index (χ0v) is 23.8. The van der Waals surface area contributed by atoms with E-state index in [-0.39, 0.29) is 75.7 Å². The number of ether oxygens (including phenoxy) is 2. The Bertz CT molecular complexity index is 892. The molecule has 33 heavy (non-hydrogen) atoms. The fourth-order valence-corrected chi connectivity index (χ4v) is 3.23. The van der Waals surface area contributed by atoms with E-state index in [4.69, 9.17) is 9.47 Å². The molecule has 1 rings (SSSR count). The van der Waals surface area contributed by atoms with Crippen molar-refractivity contribution < 1.29 is 83.4 Å². The maximum Gasteiger partial charge on any atom is 1.00 e. The molecule has 0 heterocycles. The summed E-state index contributed by atoms with van der Waals surface area (Å²) in [5.41, 5.74) is -0.448. The Kier molecular flexibility index (Phi) is 18.0. The SMILES string of the molecule is CCCC/C=C/CCOC(=O)c1ccc(S(=O)(=O)[O-])cc1C(=O)OCC/C=C/CCCC.[K+]. The molecule has 0 N–H and O–H groups in total. The number of unbranched alkanes of at least 4 members (excludes halogenated alkanes) is 4. The first-order chi connectivity index (χ1) is 15.3. The van der Waals surface area contributed by atoms with Crippen LogP contribution in [0.15, 0.2) is 47.4 Å². The molecule has 0 saturated carbocycles. The smallest absolute Gasteiger partial charge is 0.744 e. The molecule has 1 aromatic carbocycles. The minimum atomic E-state index is -4.80. The minimum Gasteiger partial charge on any atom is -0.744 e. The molecule has 0 aliphatic heterocycles. The van der Waals surface area contributed by atoms with E-state index in [0.717, 1.165) is 56.7 Å². The van der Waals surface area contributed by atoms with Crippen LogP contribution >= 0.6 is 0 Å². The molecule has 0 amide bonds. The Balaban J connectivity index is 0.0000102. The van der Waals surface area contributed by atoms with Crippen LogP contribution in [0.2, 0.25) is 0 Å². The first kappa shape index (κ1) is 32.2. The van der Waals surface area contributed by atoms with Gasteiger partial charge in [-0.25, -0.2) is 18.0 Å². The molecule has 0 bridgehead atoms. The van der Waals surface area contributed by atoms with Crippen LogP contribution in [0, 0.1) is 0 Å². The quantitative estimate of drug-likeness (QED) is 0.118. The average molecular weight is 505 g/mol. The summed E-state index contributed by atoms with van der Waals surface area (Å²) in [4.78, 5) is 24.3. The van der Waals surface area contributed by atoms with E-state index < -0.39 is 27.0 Å². The molecule has 0 spiro atoms. The number of hydrogen-bond donors (Lipinski definition) is 0. The second-order valence-corrected chi connectivity index (χ2v) is 8.62. The van der Waals surface area contributed by atoms with Crippen molar-refractivity contribution in [2.75, 3.05) is 13.2 Å². The van der Waals surface area contributed by atoms with E-state index in [9.17, 15) is 22.6 Å². The van der Waals surface area contributed by atoms with Gasteiger partial charge in [-0.2, -0.15) is 0 Å². The predicted molar refractivity (Wildman–Crippen MR) is 122 cm³/mol. The van der Waals surface area contributed by atoms with Gasteiger partial charge in [0.1, 0.15) is 10.1 Å². The van der Waals surface area contributed by atoms with Crippen LogP contribution in [-0.4, -0.2) is 38.1 Å². The van der Waals surface area contributed by atoms with Gasteiger partial charge in [-0.05, 0) is 43.9 Å². The summed E-state index contributed by atoms with van der Waals surface area (Å²) in [6.45, 7) is 4.37. The van der Waals surface area contributed by atoms with E-state index in [1.807, 2.05) is 24.3 Å². The second-order valence-electron chi connectivity index (χ2n) is 7.24. The van der Waals surface area contributed by atoms with Crippen LogP contribution in [0.5, 0.6) is 0 Å². The number of allylic oxidation sites excluding steroid dienone is 2. The molecule has 0 aromatic heterocycles. The summed E-state index contributed by atoms with van der Waals surface area (Å²) >= 11 is 0. The van der Waals surface area contributed by atoms with Crippen molar-refractivity contribution >= 4 is 22.1 Å². The molecule has 0 radical (unpaired) electrons. The zero-order valence-electron chi connectivity index (χ0n) is 19.9. The van der Waals surface area contributed by atoms with Crippen molar-refractivity contribution in [2.45, 2.75) is 70.1 Å². The van der Waals surface area contributed by atoms with Gasteiger partial charge < -0.3 is 14.0 Å². The third-order valence-electron chi connectivity index (χ3n) is 4.54. The topological polar surface area (TPSA) is 110 Å². The van der Waals surface area contributed by atoms with Crippen LogP contribution in [0.1, 0.15) is 85.9 Å². The molecule has 1 aromatic rings. The zero-order chi connectivity index (χ0) is 23.8. The molecule has 0 fully saturated rings. The van der Waals surface area contributed by atoms with Crippen LogP contribution in [-0.2, 0) is 19.6 Å². The van der Waals surface area contributed by atoms with E-state index in [2.05, 4.69) is 13.8 Å². The Morgan fingerprint density at radius 3 is 1.73 bits per heavy atom. The average Bonchev–Trinajstić information content (AvgIpc) is 2.76. The summed E-state index contributed by atoms with van der Waals surface area (Å²) in [5, 5.41) is 0. The monoisotopic (exact) mass is 504 g/mol. The van der Waals surface area contributed by atoms with Gasteiger partial charge >= 0.3 is 63.3 Å². The molecule has 9 heteroatoms. The first-order valence-electron chi connectivity index (χ1n) is 11.0. The number of hydrogen-bond acceptors (Lipinski definition) is 7. The van der Waals surface area contributed by atoms with E-state index in [1.165, 1.54) is 0 Å². The Morgan fingerprint density at radius 1 is 0.818 bits per heavy atom. The normalized spacial score (nSPS) is 11.5. The molecule has 0 atom stereocenters. The fraction of sp³-hybridized carbons (Fsp3) is 0.500. The van der Waals surface area contributed by atoms with Crippen molar-refractivity contribution in [3.63, 3.8) is 0 Å². The molecule has 178 valence electrons. The van der Waals surface area contributed by atoms with Crippen LogP contribution in [0.25, 0.3) is 0 Å². The minimum absolute atomic E-state index is 0. The van der Waals surface area contributed by atoms with Crippen molar-refractivity contribution in [1.82, 2.24) is 0 Å². The van der Waals surface area contributed by atoms with E-state index in [0.29, 0.717) is 12.8 Å². The van der Waals surface area contributed by atoms with Crippen LogP contribution in [0.4, 0.5) is 0 Å². The van der Waals surface area contributed by atoms with Gasteiger partial charge in [0.2, 0.25) is 0 Å². The number of carbonyl (C=O) groups is 2. The second kappa shape index (κ2) is 18.5. The maximum absolute atomic E-state index is 12.5. The van der Waals surface area contributed by atoms with Gasteiger partial charge in [0.25, 0.3) is 0 Å². The summed E-state index contributed by atoms with van der Waals surface area (Å²) in [5.74, 6) is -1.67. The molecular formula is C24H33KO7S. The summed E-state index contributed by atoms with van der Waals surface area (Å²) in [6.07, 6.45) is 15.1. The molecule has 0 unspecified atom stereocenters. The van der Waals surface area contributed by atoms with Gasteiger partial charge in [0.15, 0.2) is 0 Å². The fourth-order valence-electron chi connectivity index (χ4n) is 2.74. The van der Waals surface area contributed by atoms with Crippen LogP contribution < -0.4 is 51.4 Å². The maximum atomic E-state index is 12.5. The Labute approximate surface area is 240 Å². The summed E-state index contributed by atoms with van der Waals surface area (Å²) < 4.78 is 44.4. The van der Waals surface area contributed by atoms with Crippen LogP contribution in [0.3, 0.4) is 0 Å². The Hall–Kier alpha value is -0.814. The van der Waals surface area contributed by atoms with Gasteiger partial charge in [-0.1, -0.05) is 63.8 Å². The van der Waals surface area contributed by atoms with E-state index >= 15 is 0 Å². The third kappa shape index (κ3) is 13.6. The molecule has 0 aliphatic rings. The number of esters is 2. The van der Waals surface area contributed by atoms with Crippen molar-refractivity contribution in [2.24, 2.45) is 0 Å². The number of carbonyl (C=O) groups excluding carboxylic acids is 2. The largest absolute Gasteiger partial charge is 1.00 e. The number of benzene rings is 1. The molecular weight excluding hydrogens is 471 g/mol. The Morgan fingerprint density at radius 2 is 1.27 bits per heavy atom. The number of rotatable bonds is 15. The van der Waals surface area contributed by atoms with E-state index in [1.54, 1.807) is 0 Å². The molecule has 7 nitrogen and oxygen atoms in total. The molecule has 0 aliphatic carbocycles. The van der Waals surface area contributed by atoms with Crippen molar-refractivity contribution in [3.05, 3.63) is 53.6 Å². The van der Waals surface area contributed by atoms with Gasteiger partial charge in [-0.3, -0.25) is 0 Å². The first-order valence-corrected chi connectivity index (χ1v) is 12.5. The van der Waals surface area contributed by atoms with Gasteiger partial charge in [0.05, 0.1) is 29.2 Å². The summed E-state index contributed by atoms with van der Waals surface area (Å²) in [6, 6.07) is 2.95. The summed E-state index contributed by atoms with van der Waals surface area (Å²) in [7, 11) is -4.80. The van der Waals surface area contributed by atoms with Gasteiger partial charge in [0, 0.05) is 0 Å². The third-order valence-corrected chi connectivity index (χ3v) is 5.37. The van der Waals surface area contributed by atoms with Crippen molar-refractivity contribution in [3.8, 4) is 0 Å². The van der Waals surface area contributed by atoms with Gasteiger partial charge in [-0.15, -0.1) is 0 Å². The standard InChI is InChI=1S/C24H34O7S.K/c1-3-5-7-9-11-13-17-30-23(25)21-16-15-20(32(27,28)29)19-22(21)24(26)31-18-14-12-10-8-6-4-2;/h9-12,15-16,19H,3-8,13-14,17-18H2,1-2H3,(H,27,28,29);/q;+1/p-1/b11-9+,12-10+;.